The van der Waals surface area contributed by atoms with Gasteiger partial charge in [0.2, 0.25) is 0 Å². The van der Waals surface area contributed by atoms with Crippen LogP contribution in [0.25, 0.3) is 11.1 Å². The van der Waals surface area contributed by atoms with Crippen molar-refractivity contribution in [2.45, 2.75) is 48.0 Å². The van der Waals surface area contributed by atoms with Crippen LogP contribution in [0.3, 0.4) is 0 Å². The quantitative estimate of drug-likeness (QED) is 0.465. The molecule has 0 bridgehead atoms. The lowest BCUT2D eigenvalue weighted by atomic mass is 9.59. The highest BCUT2D eigenvalue weighted by molar-refractivity contribution is 14.1. The van der Waals surface area contributed by atoms with Gasteiger partial charge >= 0.3 is 0 Å². The first-order valence-electron chi connectivity index (χ1n) is 8.24. The van der Waals surface area contributed by atoms with E-state index in [2.05, 4.69) is 84.1 Å². The summed E-state index contributed by atoms with van der Waals surface area (Å²) in [7, 11) is 0. The Balaban J connectivity index is 0.00000192. The third-order valence-electron chi connectivity index (χ3n) is 5.16. The first-order chi connectivity index (χ1) is 10.7. The van der Waals surface area contributed by atoms with E-state index >= 15 is 0 Å². The first-order valence-corrected chi connectivity index (χ1v) is 9.48. The molecule has 1 aliphatic carbocycles. The van der Waals surface area contributed by atoms with Crippen LogP contribution in [0.5, 0.6) is 0 Å². The highest BCUT2D eigenvalue weighted by atomic mass is 127. The minimum Gasteiger partial charge on any atom is -0.327 e. The van der Waals surface area contributed by atoms with Crippen LogP contribution in [-0.4, -0.2) is 9.97 Å². The molecule has 0 saturated heterocycles. The minimum absolute atomic E-state index is 0. The van der Waals surface area contributed by atoms with Gasteiger partial charge in [-0.3, -0.25) is 0 Å². The second-order valence-electron chi connectivity index (χ2n) is 6.39. The fourth-order valence-electron chi connectivity index (χ4n) is 3.69. The third kappa shape index (κ3) is 3.45. The van der Waals surface area contributed by atoms with E-state index < -0.39 is 0 Å². The largest absolute Gasteiger partial charge is 0.327 e. The molecule has 0 amide bonds. The van der Waals surface area contributed by atoms with Gasteiger partial charge in [0.15, 0.2) is 0 Å². The predicted octanol–water partition coefficient (Wildman–Crippen LogP) is 5.74. The molecule has 3 rings (SSSR count). The van der Waals surface area contributed by atoms with Gasteiger partial charge in [-0.05, 0) is 36.0 Å². The summed E-state index contributed by atoms with van der Waals surface area (Å²) < 4.78 is 0.661. The Morgan fingerprint density at radius 3 is 2.17 bits per heavy atom. The predicted molar refractivity (Wildman–Crippen MR) is 111 cm³/mol. The van der Waals surface area contributed by atoms with Gasteiger partial charge in [-0.15, -0.1) is 12.4 Å². The molecule has 0 spiro atoms. The molecule has 0 heterocycles. The average Bonchev–Trinajstić information content (AvgIpc) is 2.56. The maximum absolute atomic E-state index is 6.59. The number of benzene rings is 2. The molecule has 1 fully saturated rings. The summed E-state index contributed by atoms with van der Waals surface area (Å²) in [4.78, 5) is 0. The lowest BCUT2D eigenvalue weighted by molar-refractivity contribution is 0.209. The Kier molecular flexibility index (Phi) is 6.52. The van der Waals surface area contributed by atoms with Crippen molar-refractivity contribution >= 4 is 35.0 Å². The standard InChI is InChI=1S/C20H24IN.ClH/c1-2-6-19(22)20(14-13-18(20)21)17-11-9-16(10-12-17)15-7-4-3-5-8-15;/h3-5,7-12,18-19H,2,6,13-14,22H2,1H3;1H. The van der Waals surface area contributed by atoms with Gasteiger partial charge in [-0.2, -0.15) is 0 Å². The molecule has 1 nitrogen and oxygen atoms in total. The number of rotatable bonds is 5. The Bertz CT molecular complexity index is 613. The van der Waals surface area contributed by atoms with Crippen LogP contribution in [0.1, 0.15) is 38.2 Å². The summed E-state index contributed by atoms with van der Waals surface area (Å²) in [6, 6.07) is 20.0. The monoisotopic (exact) mass is 441 g/mol. The van der Waals surface area contributed by atoms with Crippen LogP contribution in [0.4, 0.5) is 0 Å². The van der Waals surface area contributed by atoms with E-state index in [-0.39, 0.29) is 23.9 Å². The van der Waals surface area contributed by atoms with E-state index in [0.29, 0.717) is 3.92 Å². The van der Waals surface area contributed by atoms with Crippen molar-refractivity contribution in [1.82, 2.24) is 0 Å². The van der Waals surface area contributed by atoms with Crippen molar-refractivity contribution in [3.05, 3.63) is 60.2 Å². The van der Waals surface area contributed by atoms with Gasteiger partial charge < -0.3 is 5.73 Å². The van der Waals surface area contributed by atoms with E-state index in [0.717, 1.165) is 12.8 Å². The van der Waals surface area contributed by atoms with Crippen molar-refractivity contribution in [2.75, 3.05) is 0 Å². The van der Waals surface area contributed by atoms with Crippen LogP contribution in [0.2, 0.25) is 0 Å². The van der Waals surface area contributed by atoms with Gasteiger partial charge in [-0.25, -0.2) is 0 Å². The molecule has 3 heteroatoms. The summed E-state index contributed by atoms with van der Waals surface area (Å²) in [6.07, 6.45) is 4.79. The fraction of sp³-hybridized carbons (Fsp3) is 0.400. The maximum atomic E-state index is 6.59. The van der Waals surface area contributed by atoms with Gasteiger partial charge in [-0.1, -0.05) is 90.5 Å². The average molecular weight is 442 g/mol. The topological polar surface area (TPSA) is 26.0 Å². The lowest BCUT2D eigenvalue weighted by Gasteiger charge is -2.51. The van der Waals surface area contributed by atoms with Gasteiger partial charge in [0.25, 0.3) is 0 Å². The summed E-state index contributed by atoms with van der Waals surface area (Å²) in [6.45, 7) is 2.23. The summed E-state index contributed by atoms with van der Waals surface area (Å²) in [5, 5.41) is 0. The van der Waals surface area contributed by atoms with Gasteiger partial charge in [0.1, 0.15) is 0 Å². The zero-order valence-electron chi connectivity index (χ0n) is 13.5. The summed E-state index contributed by atoms with van der Waals surface area (Å²) in [5.74, 6) is 0. The number of hydrogen-bond acceptors (Lipinski definition) is 1. The minimum atomic E-state index is 0. The van der Waals surface area contributed by atoms with Crippen molar-refractivity contribution in [3.63, 3.8) is 0 Å². The third-order valence-corrected chi connectivity index (χ3v) is 6.90. The van der Waals surface area contributed by atoms with E-state index in [1.165, 1.54) is 29.5 Å². The maximum Gasteiger partial charge on any atom is 0.0222 e. The smallest absolute Gasteiger partial charge is 0.0222 e. The molecule has 2 N–H and O–H groups in total. The molecule has 3 unspecified atom stereocenters. The van der Waals surface area contributed by atoms with E-state index in [9.17, 15) is 0 Å². The molecule has 0 radical (unpaired) electrons. The molecule has 1 saturated carbocycles. The molecule has 1 aliphatic rings. The Morgan fingerprint density at radius 1 is 1.09 bits per heavy atom. The lowest BCUT2D eigenvalue weighted by Crippen LogP contribution is -2.57. The van der Waals surface area contributed by atoms with E-state index in [4.69, 9.17) is 5.73 Å². The van der Waals surface area contributed by atoms with E-state index in [1.54, 1.807) is 0 Å². The number of alkyl halides is 1. The molecular weight excluding hydrogens is 417 g/mol. The van der Waals surface area contributed by atoms with Crippen molar-refractivity contribution in [2.24, 2.45) is 5.73 Å². The highest BCUT2D eigenvalue weighted by Gasteiger charge is 2.50. The molecule has 2 aromatic carbocycles. The van der Waals surface area contributed by atoms with Crippen LogP contribution < -0.4 is 5.73 Å². The van der Waals surface area contributed by atoms with Crippen LogP contribution in [0.15, 0.2) is 54.6 Å². The van der Waals surface area contributed by atoms with Crippen LogP contribution in [0, 0.1) is 0 Å². The van der Waals surface area contributed by atoms with Crippen molar-refractivity contribution in [3.8, 4) is 11.1 Å². The number of nitrogens with two attached hydrogens (primary N) is 1. The summed E-state index contributed by atoms with van der Waals surface area (Å²) >= 11 is 2.61. The molecule has 3 atom stereocenters. The number of hydrogen-bond donors (Lipinski definition) is 1. The number of halogens is 2. The second kappa shape index (κ2) is 8.00. The van der Waals surface area contributed by atoms with E-state index in [1.807, 2.05) is 0 Å². The summed E-state index contributed by atoms with van der Waals surface area (Å²) in [5.41, 5.74) is 10.8. The van der Waals surface area contributed by atoms with Crippen LogP contribution in [-0.2, 0) is 5.41 Å². The Hall–Kier alpha value is -0.580. The molecule has 0 aliphatic heterocycles. The SMILES string of the molecule is CCCC(N)C1(c2ccc(-c3ccccc3)cc2)CCC1I.Cl. The first kappa shape index (κ1) is 18.8. The Morgan fingerprint density at radius 2 is 1.70 bits per heavy atom. The molecule has 0 aromatic heterocycles. The zero-order chi connectivity index (χ0) is 15.6. The highest BCUT2D eigenvalue weighted by Crippen LogP contribution is 2.51. The Labute approximate surface area is 159 Å². The van der Waals surface area contributed by atoms with Crippen molar-refractivity contribution in [1.29, 1.82) is 0 Å². The zero-order valence-corrected chi connectivity index (χ0v) is 16.5. The van der Waals surface area contributed by atoms with Gasteiger partial charge in [0, 0.05) is 15.4 Å². The van der Waals surface area contributed by atoms with Gasteiger partial charge in [0.05, 0.1) is 0 Å². The van der Waals surface area contributed by atoms with Crippen molar-refractivity contribution < 1.29 is 0 Å². The second-order valence-corrected chi connectivity index (χ2v) is 7.89. The fourth-order valence-corrected chi connectivity index (χ4v) is 5.14. The molecule has 124 valence electrons. The van der Waals surface area contributed by atoms with Crippen LogP contribution >= 0.6 is 35.0 Å². The molecule has 23 heavy (non-hydrogen) atoms. The normalized spacial score (nSPS) is 24.4. The molecule has 2 aromatic rings. The molecular formula is C20H25ClIN.